The minimum atomic E-state index is -0.950. The number of nitrogens with zero attached hydrogens (tertiary/aromatic N) is 2. The van der Waals surface area contributed by atoms with Crippen molar-refractivity contribution in [2.45, 2.75) is 63.5 Å². The molecule has 0 spiro atoms. The molecule has 2 saturated carbocycles. The number of hydrogen-bond acceptors (Lipinski definition) is 7. The highest BCUT2D eigenvalue weighted by Gasteiger charge is 2.25. The average Bonchev–Trinajstić information content (AvgIpc) is 4.03. The molecule has 4 fully saturated rings. The van der Waals surface area contributed by atoms with E-state index in [2.05, 4.69) is 25.1 Å². The normalized spacial score (nSPS) is 19.4. The lowest BCUT2D eigenvalue weighted by Crippen LogP contribution is -2.47. The number of ether oxygens (including phenoxy) is 2. The fourth-order valence-electron chi connectivity index (χ4n) is 6.72. The third-order valence-corrected chi connectivity index (χ3v) is 10.3. The molecule has 4 aromatic rings. The topological polar surface area (TPSA) is 143 Å². The van der Waals surface area contributed by atoms with E-state index in [0.29, 0.717) is 17.5 Å². The number of carboxylic acid groups (broad SMARTS) is 1. The van der Waals surface area contributed by atoms with Gasteiger partial charge in [-0.1, -0.05) is 12.1 Å². The van der Waals surface area contributed by atoms with Crippen LogP contribution in [-0.4, -0.2) is 106 Å². The van der Waals surface area contributed by atoms with Crippen LogP contribution >= 0.6 is 0 Å². The van der Waals surface area contributed by atoms with Gasteiger partial charge in [-0.25, -0.2) is 4.79 Å². The molecule has 11 heteroatoms. The van der Waals surface area contributed by atoms with Crippen molar-refractivity contribution in [2.75, 3.05) is 52.5 Å². The molecule has 2 aromatic heterocycles. The molecule has 5 N–H and O–H groups in total. The SMILES string of the molecule is O=C(NC1CCN(CCN2CCC(O)CC2)CC1)c1cc2c(OCC3CC3)cccc2[nH]1.O=C(O)c1cc2c(OCC3CC3)cccc2[nH]1. The van der Waals surface area contributed by atoms with Crippen molar-refractivity contribution in [3.05, 3.63) is 59.9 Å². The number of likely N-dealkylation sites (tertiary alicyclic amines) is 2. The summed E-state index contributed by atoms with van der Waals surface area (Å²) in [6.07, 6.45) is 8.67. The molecule has 2 saturated heterocycles. The molecule has 0 bridgehead atoms. The Morgan fingerprint density at radius 3 is 1.71 bits per heavy atom. The van der Waals surface area contributed by atoms with E-state index in [0.717, 1.165) is 111 Å². The van der Waals surface area contributed by atoms with Crippen molar-refractivity contribution in [1.29, 1.82) is 0 Å². The van der Waals surface area contributed by atoms with Gasteiger partial charge in [-0.2, -0.15) is 0 Å². The predicted molar refractivity (Wildman–Crippen MR) is 189 cm³/mol. The second-order valence-electron chi connectivity index (χ2n) is 14.3. The maximum absolute atomic E-state index is 12.9. The van der Waals surface area contributed by atoms with E-state index in [1.165, 1.54) is 25.7 Å². The largest absolute Gasteiger partial charge is 0.493 e. The third kappa shape index (κ3) is 8.95. The van der Waals surface area contributed by atoms with Gasteiger partial charge in [0.25, 0.3) is 5.91 Å². The summed E-state index contributed by atoms with van der Waals surface area (Å²) in [5.74, 6) is 2.03. The average molecular weight is 672 g/mol. The number of piperidine rings is 2. The first-order chi connectivity index (χ1) is 23.9. The number of aromatic amines is 2. The van der Waals surface area contributed by atoms with E-state index < -0.39 is 5.97 Å². The van der Waals surface area contributed by atoms with Crippen LogP contribution in [-0.2, 0) is 0 Å². The third-order valence-electron chi connectivity index (χ3n) is 10.3. The summed E-state index contributed by atoms with van der Waals surface area (Å²) in [4.78, 5) is 34.9. The number of aliphatic hydroxyl groups is 1. The molecule has 11 nitrogen and oxygen atoms in total. The van der Waals surface area contributed by atoms with E-state index in [-0.39, 0.29) is 23.7 Å². The number of aromatic carboxylic acids is 1. The zero-order valence-electron chi connectivity index (χ0n) is 28.2. The second kappa shape index (κ2) is 15.2. The lowest BCUT2D eigenvalue weighted by Gasteiger charge is -2.35. The molecule has 2 aromatic carbocycles. The highest BCUT2D eigenvalue weighted by molar-refractivity contribution is 6.00. The van der Waals surface area contributed by atoms with Gasteiger partial charge in [0.2, 0.25) is 0 Å². The van der Waals surface area contributed by atoms with Gasteiger partial charge in [-0.15, -0.1) is 0 Å². The molecule has 1 amide bonds. The maximum Gasteiger partial charge on any atom is 0.352 e. The Morgan fingerprint density at radius 1 is 0.714 bits per heavy atom. The zero-order chi connectivity index (χ0) is 33.7. The van der Waals surface area contributed by atoms with Crippen molar-refractivity contribution in [2.24, 2.45) is 11.8 Å². The molecule has 4 aliphatic rings. The number of carboxylic acids is 1. The van der Waals surface area contributed by atoms with E-state index in [1.54, 1.807) is 6.07 Å². The van der Waals surface area contributed by atoms with E-state index in [9.17, 15) is 14.7 Å². The highest BCUT2D eigenvalue weighted by atomic mass is 16.5. The Hall–Kier alpha value is -4.06. The minimum Gasteiger partial charge on any atom is -0.493 e. The van der Waals surface area contributed by atoms with Crippen LogP contribution in [0.2, 0.25) is 0 Å². The first-order valence-corrected chi connectivity index (χ1v) is 18.0. The number of amides is 1. The molecule has 0 atom stereocenters. The van der Waals surface area contributed by atoms with Crippen molar-refractivity contribution in [1.82, 2.24) is 25.1 Å². The first kappa shape index (κ1) is 33.4. The lowest BCUT2D eigenvalue weighted by molar-refractivity contribution is 0.0691. The smallest absolute Gasteiger partial charge is 0.352 e. The van der Waals surface area contributed by atoms with Crippen LogP contribution < -0.4 is 14.8 Å². The van der Waals surface area contributed by atoms with E-state index >= 15 is 0 Å². The molecule has 0 radical (unpaired) electrons. The van der Waals surface area contributed by atoms with Crippen LogP contribution in [0.5, 0.6) is 11.5 Å². The standard InChI is InChI=1S/C25H36N4O3.C13H13NO3/c30-20-8-12-29(13-9-20)15-14-28-10-6-19(7-11-28)26-25(31)23-16-21-22(27-23)2-1-3-24(21)32-17-18-4-5-18;15-13(16)11-6-9-10(14-11)2-1-3-12(9)17-7-8-4-5-8/h1-3,16,18-20,27,30H,4-15,17H2,(H,26,31);1-3,6,8,14H,4-5,7H2,(H,15,16). The van der Waals surface area contributed by atoms with Crippen LogP contribution in [0.15, 0.2) is 48.5 Å². The molecule has 4 heterocycles. The number of aliphatic hydroxyl groups excluding tert-OH is 1. The Morgan fingerprint density at radius 2 is 1.20 bits per heavy atom. The molecular formula is C38H49N5O6. The highest BCUT2D eigenvalue weighted by Crippen LogP contribution is 2.33. The number of rotatable bonds is 12. The van der Waals surface area contributed by atoms with Crippen LogP contribution in [0.1, 0.15) is 72.3 Å². The van der Waals surface area contributed by atoms with Crippen molar-refractivity contribution in [3.63, 3.8) is 0 Å². The summed E-state index contributed by atoms with van der Waals surface area (Å²) in [5.41, 5.74) is 2.55. The molecule has 2 aliphatic heterocycles. The fraction of sp³-hybridized carbons (Fsp3) is 0.526. The number of carbonyl (C=O) groups is 2. The zero-order valence-corrected chi connectivity index (χ0v) is 28.2. The van der Waals surface area contributed by atoms with Crippen molar-refractivity contribution in [3.8, 4) is 11.5 Å². The van der Waals surface area contributed by atoms with E-state index in [4.69, 9.17) is 14.6 Å². The van der Waals surface area contributed by atoms with Crippen molar-refractivity contribution < 1.29 is 29.3 Å². The van der Waals surface area contributed by atoms with Crippen LogP contribution in [0.3, 0.4) is 0 Å². The second-order valence-corrected chi connectivity index (χ2v) is 14.3. The van der Waals surface area contributed by atoms with Gasteiger partial charge in [0.05, 0.1) is 19.3 Å². The van der Waals surface area contributed by atoms with Gasteiger partial charge >= 0.3 is 5.97 Å². The first-order valence-electron chi connectivity index (χ1n) is 18.0. The Labute approximate surface area is 286 Å². The van der Waals surface area contributed by atoms with Crippen LogP contribution in [0.4, 0.5) is 0 Å². The molecule has 49 heavy (non-hydrogen) atoms. The Balaban J connectivity index is 0.000000186. The number of hydrogen-bond donors (Lipinski definition) is 5. The molecular weight excluding hydrogens is 622 g/mol. The number of H-pyrrole nitrogens is 2. The minimum absolute atomic E-state index is 0.0281. The van der Waals surface area contributed by atoms with Gasteiger partial charge < -0.3 is 44.8 Å². The van der Waals surface area contributed by atoms with Crippen molar-refractivity contribution >= 4 is 33.7 Å². The summed E-state index contributed by atoms with van der Waals surface area (Å²) in [6, 6.07) is 15.3. The monoisotopic (exact) mass is 671 g/mol. The van der Waals surface area contributed by atoms with Gasteiger partial charge in [0, 0.05) is 67.1 Å². The lowest BCUT2D eigenvalue weighted by atomic mass is 10.0. The molecule has 2 aliphatic carbocycles. The molecule has 8 rings (SSSR count). The summed E-state index contributed by atoms with van der Waals surface area (Å²) in [5, 5.41) is 23.6. The quantitative estimate of drug-likeness (QED) is 0.137. The van der Waals surface area contributed by atoms with Crippen LogP contribution in [0, 0.1) is 11.8 Å². The number of aromatic nitrogens is 2. The molecule has 0 unspecified atom stereocenters. The fourth-order valence-corrected chi connectivity index (χ4v) is 6.72. The summed E-state index contributed by atoms with van der Waals surface area (Å²) in [6.45, 7) is 7.70. The number of benzene rings is 2. The maximum atomic E-state index is 12.9. The summed E-state index contributed by atoms with van der Waals surface area (Å²) < 4.78 is 11.7. The summed E-state index contributed by atoms with van der Waals surface area (Å²) >= 11 is 0. The predicted octanol–water partition coefficient (Wildman–Crippen LogP) is 5.26. The van der Waals surface area contributed by atoms with Gasteiger partial charge in [0.1, 0.15) is 22.9 Å². The van der Waals surface area contributed by atoms with Gasteiger partial charge in [0.15, 0.2) is 0 Å². The number of carbonyl (C=O) groups excluding carboxylic acids is 1. The van der Waals surface area contributed by atoms with Crippen LogP contribution in [0.25, 0.3) is 21.8 Å². The Kier molecular flexibility index (Phi) is 10.4. The Bertz CT molecular complexity index is 1730. The van der Waals surface area contributed by atoms with Gasteiger partial charge in [-0.05, 0) is 99.6 Å². The summed E-state index contributed by atoms with van der Waals surface area (Å²) in [7, 11) is 0. The number of nitrogens with one attached hydrogen (secondary N) is 3. The van der Waals surface area contributed by atoms with Gasteiger partial charge in [-0.3, -0.25) is 4.79 Å². The van der Waals surface area contributed by atoms with E-state index in [1.807, 2.05) is 42.5 Å². The molecule has 262 valence electrons. The number of fused-ring (bicyclic) bond motifs is 2.